The Balaban J connectivity index is 0.793. The molecule has 0 radical (unpaired) electrons. The molecule has 380 valence electrons. The summed E-state index contributed by atoms with van der Waals surface area (Å²) < 4.78 is 49.6. The molecular formula is C50H61ClN8O11S. The van der Waals surface area contributed by atoms with Crippen LogP contribution in [0, 0.1) is 6.92 Å². The van der Waals surface area contributed by atoms with Gasteiger partial charge >= 0.3 is 0 Å². The van der Waals surface area contributed by atoms with Gasteiger partial charge < -0.3 is 39.8 Å². The van der Waals surface area contributed by atoms with Crippen LogP contribution in [0.4, 0.5) is 28.8 Å². The van der Waals surface area contributed by atoms with Crippen molar-refractivity contribution < 1.29 is 51.3 Å². The number of amides is 5. The largest absolute Gasteiger partial charge is 0.489 e. The number of piperidine rings is 2. The minimum absolute atomic E-state index is 0.00376. The number of rotatable bonds is 23. The summed E-state index contributed by atoms with van der Waals surface area (Å²) in [5.74, 6) is -1.42. The molecule has 0 saturated carbocycles. The number of ether oxygens (including phenoxy) is 4. The summed E-state index contributed by atoms with van der Waals surface area (Å²) in [4.78, 5) is 75.5. The standard InChI is InChI=1S/C50H61ClN8O11S/c1-30(2)70-41-28-35(32(5)27-39(41)55-50-52-29-36(51)46(57-50)54-37-10-6-7-12-42(37)71(65,66)31(3)4)33-15-18-58(19-16-33)20-22-68-24-26-69-25-23-67-21-17-44(61)53-38-11-8-9-34-45(38)49(64)59(48(34)63)40-13-14-43(60)56-47(40)62/h6-12,27-31,33,40H,13-26H2,1-5H3,(H,53,61)(H,56,60,62)(H2,52,54,55,57). The topological polar surface area (TPSA) is 237 Å². The third kappa shape index (κ3) is 13.1. The SMILES string of the molecule is Cc1cc(Nc2ncc(Cl)c(Nc3ccccc3S(=O)(=O)C(C)C)n2)c(OC(C)C)cc1C1CCN(CCOCCOCCOCCC(=O)Nc2cccc3c2C(=O)N(C2CCC(=O)NC2=O)C3=O)CC1. The zero-order chi connectivity index (χ0) is 50.8. The van der Waals surface area contributed by atoms with Crippen LogP contribution in [0.2, 0.25) is 5.02 Å². The van der Waals surface area contributed by atoms with E-state index in [1.54, 1.807) is 44.2 Å². The number of carbonyl (C=O) groups excluding carboxylic acids is 5. The van der Waals surface area contributed by atoms with Gasteiger partial charge in [0.1, 0.15) is 16.8 Å². The monoisotopic (exact) mass is 1020 g/mol. The molecule has 21 heteroatoms. The second kappa shape index (κ2) is 23.9. The highest BCUT2D eigenvalue weighted by Crippen LogP contribution is 2.39. The van der Waals surface area contributed by atoms with E-state index in [-0.39, 0.29) is 77.1 Å². The molecule has 3 aliphatic heterocycles. The first-order chi connectivity index (χ1) is 34.0. The molecule has 2 saturated heterocycles. The van der Waals surface area contributed by atoms with Gasteiger partial charge in [0.2, 0.25) is 23.7 Å². The van der Waals surface area contributed by atoms with Gasteiger partial charge in [-0.1, -0.05) is 29.8 Å². The van der Waals surface area contributed by atoms with Crippen LogP contribution >= 0.6 is 11.6 Å². The average Bonchev–Trinajstić information content (AvgIpc) is 3.58. The van der Waals surface area contributed by atoms with Crippen molar-refractivity contribution in [1.29, 1.82) is 0 Å². The molecule has 3 aliphatic rings. The van der Waals surface area contributed by atoms with Gasteiger partial charge in [-0.15, -0.1) is 0 Å². The predicted molar refractivity (Wildman–Crippen MR) is 267 cm³/mol. The Morgan fingerprint density at radius 3 is 2.24 bits per heavy atom. The van der Waals surface area contributed by atoms with E-state index in [0.29, 0.717) is 49.5 Å². The first-order valence-electron chi connectivity index (χ1n) is 23.8. The lowest BCUT2D eigenvalue weighted by Gasteiger charge is -2.33. The normalized spacial score (nSPS) is 16.7. The maximum Gasteiger partial charge on any atom is 0.264 e. The lowest BCUT2D eigenvalue weighted by atomic mass is 9.86. The zero-order valence-electron chi connectivity index (χ0n) is 40.5. The molecule has 1 unspecified atom stereocenters. The first-order valence-corrected chi connectivity index (χ1v) is 25.7. The second-order valence-corrected chi connectivity index (χ2v) is 20.9. The van der Waals surface area contributed by atoms with Crippen molar-refractivity contribution in [2.45, 2.75) is 94.9 Å². The molecule has 4 N–H and O–H groups in total. The number of sulfone groups is 1. The molecule has 4 heterocycles. The van der Waals surface area contributed by atoms with Crippen molar-refractivity contribution in [2.24, 2.45) is 0 Å². The molecule has 19 nitrogen and oxygen atoms in total. The number of imide groups is 2. The summed E-state index contributed by atoms with van der Waals surface area (Å²) in [6, 6.07) is 14.2. The number of carbonyl (C=O) groups is 5. The predicted octanol–water partition coefficient (Wildman–Crippen LogP) is 6.55. The van der Waals surface area contributed by atoms with Gasteiger partial charge in [-0.3, -0.25) is 34.2 Å². The molecule has 0 aliphatic carbocycles. The van der Waals surface area contributed by atoms with Crippen LogP contribution in [0.25, 0.3) is 0 Å². The molecule has 1 atom stereocenters. The third-order valence-electron chi connectivity index (χ3n) is 12.3. The number of nitrogens with zero attached hydrogens (tertiary/aromatic N) is 4. The number of benzene rings is 3. The van der Waals surface area contributed by atoms with Crippen LogP contribution in [-0.4, -0.2) is 134 Å². The van der Waals surface area contributed by atoms with Crippen molar-refractivity contribution in [2.75, 3.05) is 75.2 Å². The molecule has 71 heavy (non-hydrogen) atoms. The number of hydrogen-bond donors (Lipinski definition) is 4. The Bertz CT molecular complexity index is 2730. The van der Waals surface area contributed by atoms with Crippen LogP contribution in [0.5, 0.6) is 5.75 Å². The van der Waals surface area contributed by atoms with Crippen LogP contribution in [-0.2, 0) is 38.4 Å². The van der Waals surface area contributed by atoms with E-state index in [4.69, 9.17) is 30.5 Å². The summed E-state index contributed by atoms with van der Waals surface area (Å²) in [5, 5.41) is 10.9. The third-order valence-corrected chi connectivity index (χ3v) is 14.8. The van der Waals surface area contributed by atoms with E-state index >= 15 is 0 Å². The Morgan fingerprint density at radius 1 is 0.845 bits per heavy atom. The van der Waals surface area contributed by atoms with Crippen LogP contribution in [0.15, 0.2) is 65.7 Å². The van der Waals surface area contributed by atoms with Gasteiger partial charge in [0, 0.05) is 13.0 Å². The van der Waals surface area contributed by atoms with E-state index in [2.05, 4.69) is 49.1 Å². The van der Waals surface area contributed by atoms with Crippen LogP contribution in [0.3, 0.4) is 0 Å². The number of para-hydroxylation sites is 1. The lowest BCUT2D eigenvalue weighted by Crippen LogP contribution is -2.54. The fraction of sp³-hybridized carbons (Fsp3) is 0.460. The Labute approximate surface area is 418 Å². The molecule has 3 aromatic carbocycles. The van der Waals surface area contributed by atoms with Gasteiger partial charge in [0.15, 0.2) is 15.7 Å². The minimum Gasteiger partial charge on any atom is -0.489 e. The van der Waals surface area contributed by atoms with E-state index in [9.17, 15) is 32.4 Å². The number of anilines is 5. The van der Waals surface area contributed by atoms with Gasteiger partial charge in [0.05, 0.1) is 96.7 Å². The molecule has 7 rings (SSSR count). The van der Waals surface area contributed by atoms with Crippen molar-refractivity contribution in [1.82, 2.24) is 25.1 Å². The second-order valence-electron chi connectivity index (χ2n) is 18.0. The quantitative estimate of drug-likeness (QED) is 0.0455. The highest BCUT2D eigenvalue weighted by atomic mass is 35.5. The smallest absolute Gasteiger partial charge is 0.264 e. The van der Waals surface area contributed by atoms with E-state index in [1.165, 1.54) is 23.9 Å². The van der Waals surface area contributed by atoms with Gasteiger partial charge in [-0.05, 0) is 120 Å². The van der Waals surface area contributed by atoms with Crippen LogP contribution < -0.4 is 26.0 Å². The fourth-order valence-electron chi connectivity index (χ4n) is 8.63. The molecular weight excluding hydrogens is 956 g/mol. The first kappa shape index (κ1) is 52.8. The van der Waals surface area contributed by atoms with Crippen molar-refractivity contribution >= 4 is 79.8 Å². The highest BCUT2D eigenvalue weighted by molar-refractivity contribution is 7.92. The maximum absolute atomic E-state index is 13.3. The lowest BCUT2D eigenvalue weighted by molar-refractivity contribution is -0.136. The number of fused-ring (bicyclic) bond motifs is 1. The number of aromatic nitrogens is 2. The van der Waals surface area contributed by atoms with Crippen molar-refractivity contribution in [3.8, 4) is 5.75 Å². The Hall–Kier alpha value is -6.03. The van der Waals surface area contributed by atoms with E-state index in [0.717, 1.165) is 42.9 Å². The zero-order valence-corrected chi connectivity index (χ0v) is 42.1. The molecule has 1 aromatic heterocycles. The minimum atomic E-state index is -3.59. The summed E-state index contributed by atoms with van der Waals surface area (Å²) in [7, 11) is -3.59. The van der Waals surface area contributed by atoms with E-state index < -0.39 is 50.7 Å². The Kier molecular flexibility index (Phi) is 17.8. The van der Waals surface area contributed by atoms with Gasteiger partial charge in [-0.25, -0.2) is 13.4 Å². The number of hydrogen-bond acceptors (Lipinski definition) is 16. The highest BCUT2D eigenvalue weighted by Gasteiger charge is 2.45. The average molecular weight is 1020 g/mol. The molecule has 0 bridgehead atoms. The van der Waals surface area contributed by atoms with Crippen LogP contribution in [0.1, 0.15) is 97.6 Å². The summed E-state index contributed by atoms with van der Waals surface area (Å²) in [6.45, 7) is 14.0. The fourth-order valence-corrected chi connectivity index (χ4v) is 9.97. The number of halogens is 1. The number of nitrogens with one attached hydrogen (secondary N) is 4. The van der Waals surface area contributed by atoms with Crippen molar-refractivity contribution in [3.63, 3.8) is 0 Å². The summed E-state index contributed by atoms with van der Waals surface area (Å²) >= 11 is 6.51. The number of aryl methyl sites for hydroxylation is 1. The van der Waals surface area contributed by atoms with Crippen molar-refractivity contribution in [3.05, 3.63) is 88.1 Å². The van der Waals surface area contributed by atoms with Gasteiger partial charge in [-0.2, -0.15) is 4.98 Å². The molecule has 4 aromatic rings. The summed E-state index contributed by atoms with van der Waals surface area (Å²) in [6.07, 6.45) is 3.35. The Morgan fingerprint density at radius 2 is 1.54 bits per heavy atom. The van der Waals surface area contributed by atoms with Gasteiger partial charge in [0.25, 0.3) is 11.8 Å². The number of likely N-dealkylation sites (tertiary alicyclic amines) is 1. The summed E-state index contributed by atoms with van der Waals surface area (Å²) in [5.41, 5.74) is 3.63. The maximum atomic E-state index is 13.3. The molecule has 2 fully saturated rings. The molecule has 0 spiro atoms. The van der Waals surface area contributed by atoms with E-state index in [1.807, 2.05) is 19.9 Å². The molecule has 5 amide bonds.